The van der Waals surface area contributed by atoms with Crippen LogP contribution in [0.4, 0.5) is 4.39 Å². The Morgan fingerprint density at radius 2 is 2.11 bits per heavy atom. The standard InChI is InChI=1S/C15H18FN3/c1-2-3-14-13-10-17-9-8-15(13)19(18-14)12-6-4-11(16)5-7-12/h4-7,17H,2-3,8-10H2,1H3. The van der Waals surface area contributed by atoms with E-state index in [-0.39, 0.29) is 5.82 Å². The van der Waals surface area contributed by atoms with Crippen LogP contribution in [0.5, 0.6) is 0 Å². The van der Waals surface area contributed by atoms with Gasteiger partial charge in [0.25, 0.3) is 0 Å². The van der Waals surface area contributed by atoms with Crippen molar-refractivity contribution in [1.29, 1.82) is 0 Å². The van der Waals surface area contributed by atoms with Crippen LogP contribution in [0.1, 0.15) is 30.3 Å². The molecule has 4 heteroatoms. The van der Waals surface area contributed by atoms with Crippen LogP contribution in [0.25, 0.3) is 5.69 Å². The highest BCUT2D eigenvalue weighted by Gasteiger charge is 2.20. The smallest absolute Gasteiger partial charge is 0.123 e. The summed E-state index contributed by atoms with van der Waals surface area (Å²) in [6.07, 6.45) is 3.06. The summed E-state index contributed by atoms with van der Waals surface area (Å²) < 4.78 is 15.0. The normalized spacial score (nSPS) is 14.4. The third-order valence-electron chi connectivity index (χ3n) is 3.57. The molecule has 0 spiro atoms. The van der Waals surface area contributed by atoms with Crippen LogP contribution in [0.2, 0.25) is 0 Å². The second kappa shape index (κ2) is 5.13. The van der Waals surface area contributed by atoms with Crippen molar-refractivity contribution in [2.45, 2.75) is 32.7 Å². The summed E-state index contributed by atoms with van der Waals surface area (Å²) in [5.74, 6) is -0.208. The molecule has 0 saturated carbocycles. The Balaban J connectivity index is 2.07. The van der Waals surface area contributed by atoms with Gasteiger partial charge in [-0.15, -0.1) is 0 Å². The van der Waals surface area contributed by atoms with Gasteiger partial charge < -0.3 is 5.32 Å². The Morgan fingerprint density at radius 3 is 2.84 bits per heavy atom. The molecule has 1 N–H and O–H groups in total. The molecule has 19 heavy (non-hydrogen) atoms. The van der Waals surface area contributed by atoms with E-state index in [0.29, 0.717) is 0 Å². The van der Waals surface area contributed by atoms with Gasteiger partial charge in [0.1, 0.15) is 5.82 Å². The molecule has 3 rings (SSSR count). The van der Waals surface area contributed by atoms with E-state index in [1.807, 2.05) is 4.68 Å². The summed E-state index contributed by atoms with van der Waals surface area (Å²) in [7, 11) is 0. The molecule has 1 aliphatic heterocycles. The van der Waals surface area contributed by atoms with Gasteiger partial charge in [0.15, 0.2) is 0 Å². The number of benzene rings is 1. The van der Waals surface area contributed by atoms with Gasteiger partial charge in [0.2, 0.25) is 0 Å². The lowest BCUT2D eigenvalue weighted by Gasteiger charge is -2.15. The predicted molar refractivity (Wildman–Crippen MR) is 72.9 cm³/mol. The molecule has 1 aromatic heterocycles. The average Bonchev–Trinajstić information content (AvgIpc) is 2.80. The third kappa shape index (κ3) is 2.28. The van der Waals surface area contributed by atoms with Crippen LogP contribution in [0.15, 0.2) is 24.3 Å². The minimum Gasteiger partial charge on any atom is -0.312 e. The number of hydrogen-bond donors (Lipinski definition) is 1. The fraction of sp³-hybridized carbons (Fsp3) is 0.400. The Bertz CT molecular complexity index is 572. The highest BCUT2D eigenvalue weighted by atomic mass is 19.1. The van der Waals surface area contributed by atoms with Crippen molar-refractivity contribution in [2.75, 3.05) is 6.54 Å². The number of aromatic nitrogens is 2. The van der Waals surface area contributed by atoms with E-state index in [9.17, 15) is 4.39 Å². The fourth-order valence-electron chi connectivity index (χ4n) is 2.65. The number of halogens is 1. The molecule has 0 bridgehead atoms. The summed E-state index contributed by atoms with van der Waals surface area (Å²) in [6.45, 7) is 4.04. The van der Waals surface area contributed by atoms with Gasteiger partial charge in [0, 0.05) is 25.1 Å². The largest absolute Gasteiger partial charge is 0.312 e. The van der Waals surface area contributed by atoms with E-state index in [4.69, 9.17) is 5.10 Å². The van der Waals surface area contributed by atoms with Crippen LogP contribution < -0.4 is 5.32 Å². The first-order valence-corrected chi connectivity index (χ1v) is 6.86. The van der Waals surface area contributed by atoms with Crippen LogP contribution >= 0.6 is 0 Å². The monoisotopic (exact) mass is 259 g/mol. The number of fused-ring (bicyclic) bond motifs is 1. The molecule has 0 amide bonds. The molecule has 0 fully saturated rings. The van der Waals surface area contributed by atoms with Gasteiger partial charge in [-0.25, -0.2) is 9.07 Å². The van der Waals surface area contributed by atoms with Gasteiger partial charge in [-0.05, 0) is 30.7 Å². The van der Waals surface area contributed by atoms with Crippen LogP contribution in [-0.4, -0.2) is 16.3 Å². The maximum Gasteiger partial charge on any atom is 0.123 e. The van der Waals surface area contributed by atoms with Gasteiger partial charge in [0.05, 0.1) is 17.1 Å². The molecular formula is C15H18FN3. The van der Waals surface area contributed by atoms with Crippen LogP contribution in [-0.2, 0) is 19.4 Å². The van der Waals surface area contributed by atoms with Crippen molar-refractivity contribution < 1.29 is 4.39 Å². The molecule has 1 aromatic carbocycles. The number of nitrogens with one attached hydrogen (secondary N) is 1. The predicted octanol–water partition coefficient (Wildman–Crippen LogP) is 2.61. The molecule has 3 nitrogen and oxygen atoms in total. The quantitative estimate of drug-likeness (QED) is 0.918. The summed E-state index contributed by atoms with van der Waals surface area (Å²) >= 11 is 0. The zero-order valence-electron chi connectivity index (χ0n) is 11.1. The number of hydrogen-bond acceptors (Lipinski definition) is 2. The van der Waals surface area contributed by atoms with Gasteiger partial charge >= 0.3 is 0 Å². The van der Waals surface area contributed by atoms with Crippen LogP contribution in [0.3, 0.4) is 0 Å². The molecule has 0 saturated heterocycles. The topological polar surface area (TPSA) is 29.9 Å². The SMILES string of the molecule is CCCc1nn(-c2ccc(F)cc2)c2c1CNCC2. The van der Waals surface area contributed by atoms with E-state index in [0.717, 1.165) is 38.0 Å². The molecule has 0 unspecified atom stereocenters. The van der Waals surface area contributed by atoms with Crippen molar-refractivity contribution in [3.05, 3.63) is 47.0 Å². The molecule has 0 atom stereocenters. The van der Waals surface area contributed by atoms with E-state index in [1.165, 1.54) is 29.1 Å². The average molecular weight is 259 g/mol. The summed E-state index contributed by atoms with van der Waals surface area (Å²) in [5, 5.41) is 8.14. The first-order chi connectivity index (χ1) is 9.29. The van der Waals surface area contributed by atoms with E-state index in [1.54, 1.807) is 12.1 Å². The van der Waals surface area contributed by atoms with E-state index < -0.39 is 0 Å². The molecule has 0 radical (unpaired) electrons. The summed E-state index contributed by atoms with van der Waals surface area (Å²) in [5.41, 5.74) is 4.72. The van der Waals surface area contributed by atoms with Crippen molar-refractivity contribution >= 4 is 0 Å². The van der Waals surface area contributed by atoms with Crippen molar-refractivity contribution in [3.8, 4) is 5.69 Å². The van der Waals surface area contributed by atoms with Crippen molar-refractivity contribution in [1.82, 2.24) is 15.1 Å². The Hall–Kier alpha value is -1.68. The number of rotatable bonds is 3. The third-order valence-corrected chi connectivity index (χ3v) is 3.57. The minimum atomic E-state index is -0.208. The second-order valence-corrected chi connectivity index (χ2v) is 4.94. The zero-order valence-corrected chi connectivity index (χ0v) is 11.1. The first kappa shape index (κ1) is 12.4. The molecular weight excluding hydrogens is 241 g/mol. The first-order valence-electron chi connectivity index (χ1n) is 6.86. The molecule has 2 heterocycles. The fourth-order valence-corrected chi connectivity index (χ4v) is 2.65. The summed E-state index contributed by atoms with van der Waals surface area (Å²) in [4.78, 5) is 0. The maximum atomic E-state index is 13.0. The lowest BCUT2D eigenvalue weighted by atomic mass is 10.0. The maximum absolute atomic E-state index is 13.0. The van der Waals surface area contributed by atoms with Gasteiger partial charge in [-0.3, -0.25) is 0 Å². The second-order valence-electron chi connectivity index (χ2n) is 4.94. The van der Waals surface area contributed by atoms with Crippen molar-refractivity contribution in [3.63, 3.8) is 0 Å². The lowest BCUT2D eigenvalue weighted by molar-refractivity contribution is 0.617. The Kier molecular flexibility index (Phi) is 3.34. The molecule has 0 aliphatic carbocycles. The van der Waals surface area contributed by atoms with Gasteiger partial charge in [-0.1, -0.05) is 13.3 Å². The minimum absolute atomic E-state index is 0.208. The van der Waals surface area contributed by atoms with Gasteiger partial charge in [-0.2, -0.15) is 5.10 Å². The number of nitrogens with zero attached hydrogens (tertiary/aromatic N) is 2. The Labute approximate surface area is 112 Å². The Morgan fingerprint density at radius 1 is 1.32 bits per heavy atom. The van der Waals surface area contributed by atoms with E-state index in [2.05, 4.69) is 12.2 Å². The molecule has 100 valence electrons. The molecule has 1 aliphatic rings. The zero-order chi connectivity index (χ0) is 13.2. The van der Waals surface area contributed by atoms with Crippen LogP contribution in [0, 0.1) is 5.82 Å². The lowest BCUT2D eigenvalue weighted by Crippen LogP contribution is -2.25. The number of aryl methyl sites for hydroxylation is 1. The highest BCUT2D eigenvalue weighted by Crippen LogP contribution is 2.23. The molecule has 2 aromatic rings. The van der Waals surface area contributed by atoms with Crippen molar-refractivity contribution in [2.24, 2.45) is 0 Å². The summed E-state index contributed by atoms with van der Waals surface area (Å²) in [6, 6.07) is 6.56. The van der Waals surface area contributed by atoms with E-state index >= 15 is 0 Å². The highest BCUT2D eigenvalue weighted by molar-refractivity contribution is 5.39.